The van der Waals surface area contributed by atoms with Crippen LogP contribution < -0.4 is 5.32 Å². The second-order valence-electron chi connectivity index (χ2n) is 7.27. The lowest BCUT2D eigenvalue weighted by Gasteiger charge is -2.45. The van der Waals surface area contributed by atoms with E-state index in [2.05, 4.69) is 5.32 Å². The van der Waals surface area contributed by atoms with Gasteiger partial charge in [0.15, 0.2) is 18.5 Å². The lowest BCUT2D eigenvalue weighted by molar-refractivity contribution is -0.278. The maximum Gasteiger partial charge on any atom is 0.303 e. The van der Waals surface area contributed by atoms with Crippen molar-refractivity contribution < 1.29 is 42.9 Å². The molecular weight excluding hydrogens is 386 g/mol. The fourth-order valence-corrected chi connectivity index (χ4v) is 2.85. The highest BCUT2D eigenvalue weighted by Gasteiger charge is 2.51. The summed E-state index contributed by atoms with van der Waals surface area (Å²) in [6.07, 6.45) is -3.45. The highest BCUT2D eigenvalue weighted by atomic mass is 16.7. The van der Waals surface area contributed by atoms with E-state index in [-0.39, 0.29) is 6.61 Å². The molecule has 1 amide bonds. The van der Waals surface area contributed by atoms with Crippen molar-refractivity contribution in [3.63, 3.8) is 0 Å². The van der Waals surface area contributed by atoms with Crippen LogP contribution in [0.5, 0.6) is 0 Å². The molecule has 1 rings (SSSR count). The van der Waals surface area contributed by atoms with E-state index in [0.717, 1.165) is 6.42 Å². The molecule has 0 aromatic rings. The third-order valence-electron chi connectivity index (χ3n) is 4.05. The van der Waals surface area contributed by atoms with Crippen LogP contribution in [0.25, 0.3) is 0 Å². The van der Waals surface area contributed by atoms with Gasteiger partial charge in [-0.2, -0.15) is 0 Å². The first-order chi connectivity index (χ1) is 13.5. The molecule has 10 heteroatoms. The van der Waals surface area contributed by atoms with E-state index in [1.54, 1.807) is 0 Å². The van der Waals surface area contributed by atoms with E-state index in [4.69, 9.17) is 23.7 Å². The van der Waals surface area contributed by atoms with Gasteiger partial charge in [-0.25, -0.2) is 0 Å². The van der Waals surface area contributed by atoms with Gasteiger partial charge in [-0.05, 0) is 12.3 Å². The maximum absolute atomic E-state index is 11.8. The van der Waals surface area contributed by atoms with E-state index >= 15 is 0 Å². The monoisotopic (exact) mass is 417 g/mol. The SMILES string of the molecule is CC(=O)N[C@@H]1[C@@H](OCCC(C)C)O[C@@H](COC(C)=O)[C@@H](OC(C)=O)[C@H]1OC(C)=O. The van der Waals surface area contributed by atoms with Crippen LogP contribution in [0, 0.1) is 5.92 Å². The van der Waals surface area contributed by atoms with Crippen molar-refractivity contribution in [1.82, 2.24) is 5.32 Å². The molecule has 29 heavy (non-hydrogen) atoms. The van der Waals surface area contributed by atoms with E-state index < -0.39 is 54.5 Å². The van der Waals surface area contributed by atoms with Crippen LogP contribution in [0.4, 0.5) is 0 Å². The lowest BCUT2D eigenvalue weighted by atomic mass is 9.96. The molecule has 0 unspecified atom stereocenters. The Morgan fingerprint density at radius 1 is 0.931 bits per heavy atom. The Morgan fingerprint density at radius 2 is 1.52 bits per heavy atom. The van der Waals surface area contributed by atoms with Crippen molar-refractivity contribution >= 4 is 23.8 Å². The summed E-state index contributed by atoms with van der Waals surface area (Å²) in [6.45, 7) is 9.03. The number of carbonyl (C=O) groups excluding carboxylic acids is 4. The minimum Gasteiger partial charge on any atom is -0.463 e. The van der Waals surface area contributed by atoms with E-state index in [1.165, 1.54) is 27.7 Å². The van der Waals surface area contributed by atoms with Crippen molar-refractivity contribution in [1.29, 1.82) is 0 Å². The van der Waals surface area contributed by atoms with Gasteiger partial charge < -0.3 is 29.0 Å². The molecule has 1 saturated heterocycles. The van der Waals surface area contributed by atoms with Crippen LogP contribution in [0.3, 0.4) is 0 Å². The molecule has 1 fully saturated rings. The molecule has 0 aromatic heterocycles. The van der Waals surface area contributed by atoms with E-state index in [9.17, 15) is 19.2 Å². The van der Waals surface area contributed by atoms with Gasteiger partial charge >= 0.3 is 17.9 Å². The summed E-state index contributed by atoms with van der Waals surface area (Å²) in [5.74, 6) is -1.89. The summed E-state index contributed by atoms with van der Waals surface area (Å²) < 4.78 is 27.4. The predicted octanol–water partition coefficient (Wildman–Crippen LogP) is 0.705. The van der Waals surface area contributed by atoms with Crippen LogP contribution in [0.2, 0.25) is 0 Å². The van der Waals surface area contributed by atoms with Gasteiger partial charge in [-0.3, -0.25) is 19.2 Å². The molecular formula is C19H31NO9. The molecule has 0 radical (unpaired) electrons. The molecule has 0 spiro atoms. The second kappa shape index (κ2) is 11.7. The Balaban J connectivity index is 3.21. The van der Waals surface area contributed by atoms with Crippen LogP contribution in [-0.2, 0) is 42.9 Å². The standard InChI is InChI=1S/C19H31NO9/c1-10(2)7-8-25-19-16(20-11(3)21)18(28-14(6)24)17(27-13(5)23)15(29-19)9-26-12(4)22/h10,15-19H,7-9H2,1-6H3,(H,20,21)/t15-,16-,17+,18-,19-/m0/s1. The van der Waals surface area contributed by atoms with E-state index in [1.807, 2.05) is 13.8 Å². The molecule has 10 nitrogen and oxygen atoms in total. The molecule has 5 atom stereocenters. The molecule has 1 N–H and O–H groups in total. The second-order valence-corrected chi connectivity index (χ2v) is 7.27. The minimum atomic E-state index is -1.11. The van der Waals surface area contributed by atoms with Crippen LogP contribution in [0.15, 0.2) is 0 Å². The zero-order valence-corrected chi connectivity index (χ0v) is 17.8. The quantitative estimate of drug-likeness (QED) is 0.426. The Morgan fingerprint density at radius 3 is 2.00 bits per heavy atom. The molecule has 1 aliphatic rings. The van der Waals surface area contributed by atoms with E-state index in [0.29, 0.717) is 12.5 Å². The number of hydrogen-bond acceptors (Lipinski definition) is 9. The minimum absolute atomic E-state index is 0.248. The highest BCUT2D eigenvalue weighted by molar-refractivity contribution is 5.73. The number of esters is 3. The summed E-state index contributed by atoms with van der Waals surface area (Å²) >= 11 is 0. The van der Waals surface area contributed by atoms with Crippen LogP contribution in [0.1, 0.15) is 48.0 Å². The molecule has 1 aliphatic heterocycles. The lowest BCUT2D eigenvalue weighted by Crippen LogP contribution is -2.66. The van der Waals surface area contributed by atoms with Gasteiger partial charge in [0.2, 0.25) is 5.91 Å². The molecule has 0 saturated carbocycles. The largest absolute Gasteiger partial charge is 0.463 e. The Hall–Kier alpha value is -2.20. The van der Waals surface area contributed by atoms with Crippen molar-refractivity contribution in [2.24, 2.45) is 5.92 Å². The molecule has 0 aliphatic carbocycles. The molecule has 0 aromatic carbocycles. The molecule has 1 heterocycles. The van der Waals surface area contributed by atoms with Gasteiger partial charge in [0.05, 0.1) is 6.61 Å². The summed E-state index contributed by atoms with van der Waals surface area (Å²) in [4.78, 5) is 46.4. The number of ether oxygens (including phenoxy) is 5. The van der Waals surface area contributed by atoms with Crippen molar-refractivity contribution in [2.45, 2.75) is 78.6 Å². The first kappa shape index (κ1) is 24.8. The molecule has 166 valence electrons. The summed E-state index contributed by atoms with van der Waals surface area (Å²) in [6, 6.07) is -0.929. The first-order valence-corrected chi connectivity index (χ1v) is 9.53. The van der Waals surface area contributed by atoms with Crippen molar-refractivity contribution in [2.75, 3.05) is 13.2 Å². The zero-order valence-electron chi connectivity index (χ0n) is 17.8. The van der Waals surface area contributed by atoms with Crippen molar-refractivity contribution in [3.05, 3.63) is 0 Å². The van der Waals surface area contributed by atoms with Crippen LogP contribution in [-0.4, -0.2) is 67.7 Å². The highest BCUT2D eigenvalue weighted by Crippen LogP contribution is 2.28. The summed E-state index contributed by atoms with van der Waals surface area (Å²) in [5.41, 5.74) is 0. The predicted molar refractivity (Wildman–Crippen MR) is 99.4 cm³/mol. The normalized spacial score (nSPS) is 26.5. The number of rotatable bonds is 9. The third kappa shape index (κ3) is 8.78. The van der Waals surface area contributed by atoms with Gasteiger partial charge in [0.25, 0.3) is 0 Å². The van der Waals surface area contributed by atoms with Gasteiger partial charge in [0, 0.05) is 27.7 Å². The van der Waals surface area contributed by atoms with Gasteiger partial charge in [-0.15, -0.1) is 0 Å². The Kier molecular flexibility index (Phi) is 10.0. The number of amides is 1. The van der Waals surface area contributed by atoms with Gasteiger partial charge in [-0.1, -0.05) is 13.8 Å². The summed E-state index contributed by atoms with van der Waals surface area (Å²) in [7, 11) is 0. The van der Waals surface area contributed by atoms with Gasteiger partial charge in [0.1, 0.15) is 18.8 Å². The Bertz CT molecular complexity index is 592. The zero-order chi connectivity index (χ0) is 22.1. The van der Waals surface area contributed by atoms with Crippen molar-refractivity contribution in [3.8, 4) is 0 Å². The summed E-state index contributed by atoms with van der Waals surface area (Å²) in [5, 5.41) is 2.65. The first-order valence-electron chi connectivity index (χ1n) is 9.53. The number of carbonyl (C=O) groups is 4. The molecule has 0 bridgehead atoms. The Labute approximate surface area is 170 Å². The average Bonchev–Trinajstić information content (AvgIpc) is 2.56. The topological polar surface area (TPSA) is 126 Å². The average molecular weight is 417 g/mol. The third-order valence-corrected chi connectivity index (χ3v) is 4.05. The number of hydrogen-bond donors (Lipinski definition) is 1. The fraction of sp³-hybridized carbons (Fsp3) is 0.789. The van der Waals surface area contributed by atoms with Crippen LogP contribution >= 0.6 is 0 Å². The fourth-order valence-electron chi connectivity index (χ4n) is 2.85. The smallest absolute Gasteiger partial charge is 0.303 e. The number of nitrogens with one attached hydrogen (secondary N) is 1. The maximum atomic E-state index is 11.8.